The van der Waals surface area contributed by atoms with Crippen molar-refractivity contribution in [2.24, 2.45) is 0 Å². The summed E-state index contributed by atoms with van der Waals surface area (Å²) in [5.41, 5.74) is 2.05. The van der Waals surface area contributed by atoms with Crippen LogP contribution in [-0.4, -0.2) is 27.9 Å². The molecule has 0 heterocycles. The Morgan fingerprint density at radius 2 is 1.57 bits per heavy atom. The number of ether oxygens (including phenoxy) is 3. The molecule has 0 spiro atoms. The van der Waals surface area contributed by atoms with Crippen molar-refractivity contribution in [3.8, 4) is 17.2 Å². The summed E-state index contributed by atoms with van der Waals surface area (Å²) in [5.74, 6) is 2.38. The second-order valence-corrected chi connectivity index (χ2v) is 4.48. The summed E-state index contributed by atoms with van der Waals surface area (Å²) in [4.78, 5) is 2.17. The van der Waals surface area contributed by atoms with Crippen LogP contribution in [0.2, 0.25) is 0 Å². The van der Waals surface area contributed by atoms with Crippen LogP contribution in [0.25, 0.3) is 0 Å². The molecule has 21 heavy (non-hydrogen) atoms. The number of methoxy groups -OCH3 is 3. The molecule has 0 aromatic heterocycles. The average Bonchev–Trinajstić information content (AvgIpc) is 2.56. The van der Waals surface area contributed by atoms with E-state index in [9.17, 15) is 0 Å². The van der Waals surface area contributed by atoms with Crippen molar-refractivity contribution in [1.82, 2.24) is 0 Å². The zero-order chi connectivity index (χ0) is 15.2. The fraction of sp³-hybridized carbons (Fsp3) is 0.294. The highest BCUT2D eigenvalue weighted by Gasteiger charge is 2.14. The summed E-state index contributed by atoms with van der Waals surface area (Å²) >= 11 is 0. The lowest BCUT2D eigenvalue weighted by Crippen LogP contribution is -2.16. The topological polar surface area (TPSA) is 30.9 Å². The lowest BCUT2D eigenvalue weighted by atomic mass is 10.2. The van der Waals surface area contributed by atoms with Crippen molar-refractivity contribution >= 4 is 11.4 Å². The molecule has 112 valence electrons. The molecule has 2 aromatic carbocycles. The van der Waals surface area contributed by atoms with Crippen molar-refractivity contribution in [2.75, 3.05) is 32.8 Å². The molecule has 2 rings (SSSR count). The normalized spacial score (nSPS) is 10.1. The van der Waals surface area contributed by atoms with Gasteiger partial charge in [-0.3, -0.25) is 0 Å². The van der Waals surface area contributed by atoms with Crippen LogP contribution in [0.3, 0.4) is 0 Å². The summed E-state index contributed by atoms with van der Waals surface area (Å²) in [7, 11) is 4.98. The molecule has 0 aliphatic carbocycles. The van der Waals surface area contributed by atoms with Crippen LogP contribution in [0.5, 0.6) is 17.2 Å². The first-order valence-electron chi connectivity index (χ1n) is 6.87. The summed E-state index contributed by atoms with van der Waals surface area (Å²) in [6.45, 7) is 2.92. The fourth-order valence-corrected chi connectivity index (χ4v) is 2.28. The van der Waals surface area contributed by atoms with E-state index < -0.39 is 0 Å². The molecule has 0 saturated heterocycles. The average molecular weight is 287 g/mol. The van der Waals surface area contributed by atoms with Gasteiger partial charge in [-0.25, -0.2) is 0 Å². The van der Waals surface area contributed by atoms with Crippen molar-refractivity contribution in [3.05, 3.63) is 42.5 Å². The zero-order valence-corrected chi connectivity index (χ0v) is 12.9. The smallest absolute Gasteiger partial charge is 0.146 e. The van der Waals surface area contributed by atoms with E-state index in [0.717, 1.165) is 35.2 Å². The second kappa shape index (κ2) is 6.88. The van der Waals surface area contributed by atoms with Crippen LogP contribution in [0.15, 0.2) is 42.5 Å². The van der Waals surface area contributed by atoms with Gasteiger partial charge < -0.3 is 19.1 Å². The van der Waals surface area contributed by atoms with Gasteiger partial charge in [-0.15, -0.1) is 0 Å². The van der Waals surface area contributed by atoms with Gasteiger partial charge in [0.1, 0.15) is 17.2 Å². The first-order chi connectivity index (χ1) is 10.2. The number of benzene rings is 2. The molecule has 0 amide bonds. The minimum absolute atomic E-state index is 0.775. The van der Waals surface area contributed by atoms with Crippen molar-refractivity contribution in [1.29, 1.82) is 0 Å². The van der Waals surface area contributed by atoms with Gasteiger partial charge in [0.15, 0.2) is 0 Å². The zero-order valence-electron chi connectivity index (χ0n) is 12.9. The van der Waals surface area contributed by atoms with Gasteiger partial charge in [-0.2, -0.15) is 0 Å². The lowest BCUT2D eigenvalue weighted by Gasteiger charge is -2.25. The Morgan fingerprint density at radius 3 is 2.19 bits per heavy atom. The SMILES string of the molecule is CCN(c1cccc(OC)c1)c1ccc(OC)cc1OC. The number of anilines is 2. The Morgan fingerprint density at radius 1 is 0.857 bits per heavy atom. The third-order valence-corrected chi connectivity index (χ3v) is 3.36. The first kappa shape index (κ1) is 15.0. The van der Waals surface area contributed by atoms with Crippen LogP contribution in [-0.2, 0) is 0 Å². The summed E-state index contributed by atoms with van der Waals surface area (Å²) in [6.07, 6.45) is 0. The molecule has 0 fully saturated rings. The standard InChI is InChI=1S/C17H21NO3/c1-5-18(13-7-6-8-14(11-13)19-2)16-10-9-15(20-3)12-17(16)21-4/h6-12H,5H2,1-4H3. The quantitative estimate of drug-likeness (QED) is 0.807. The highest BCUT2D eigenvalue weighted by atomic mass is 16.5. The van der Waals surface area contributed by atoms with E-state index in [1.807, 2.05) is 36.4 Å². The van der Waals surface area contributed by atoms with Gasteiger partial charge in [-0.1, -0.05) is 6.07 Å². The third kappa shape index (κ3) is 3.21. The predicted octanol–water partition coefficient (Wildman–Crippen LogP) is 3.87. The van der Waals surface area contributed by atoms with E-state index in [-0.39, 0.29) is 0 Å². The predicted molar refractivity (Wildman–Crippen MR) is 85.2 cm³/mol. The molecule has 0 radical (unpaired) electrons. The molecule has 0 saturated carbocycles. The summed E-state index contributed by atoms with van der Waals surface area (Å²) < 4.78 is 16.0. The van der Waals surface area contributed by atoms with E-state index >= 15 is 0 Å². The van der Waals surface area contributed by atoms with E-state index in [4.69, 9.17) is 14.2 Å². The van der Waals surface area contributed by atoms with Crippen LogP contribution >= 0.6 is 0 Å². The maximum atomic E-state index is 5.50. The Kier molecular flexibility index (Phi) is 4.93. The summed E-state index contributed by atoms with van der Waals surface area (Å²) in [6, 6.07) is 13.8. The second-order valence-electron chi connectivity index (χ2n) is 4.48. The molecule has 0 N–H and O–H groups in total. The van der Waals surface area contributed by atoms with Gasteiger partial charge in [0.05, 0.1) is 27.0 Å². The Bertz CT molecular complexity index is 598. The first-order valence-corrected chi connectivity index (χ1v) is 6.87. The Balaban J connectivity index is 2.45. The van der Waals surface area contributed by atoms with Gasteiger partial charge >= 0.3 is 0 Å². The molecule has 0 aliphatic heterocycles. The van der Waals surface area contributed by atoms with Gasteiger partial charge in [0.25, 0.3) is 0 Å². The van der Waals surface area contributed by atoms with Crippen LogP contribution in [0.1, 0.15) is 6.92 Å². The van der Waals surface area contributed by atoms with Gasteiger partial charge in [0, 0.05) is 24.4 Å². The minimum atomic E-state index is 0.775. The highest BCUT2D eigenvalue weighted by Crippen LogP contribution is 2.37. The van der Waals surface area contributed by atoms with Crippen molar-refractivity contribution in [2.45, 2.75) is 6.92 Å². The molecule has 0 bridgehead atoms. The number of rotatable bonds is 6. The molecule has 4 heteroatoms. The maximum absolute atomic E-state index is 5.50. The largest absolute Gasteiger partial charge is 0.497 e. The molecular weight excluding hydrogens is 266 g/mol. The highest BCUT2D eigenvalue weighted by molar-refractivity contribution is 5.71. The van der Waals surface area contributed by atoms with Gasteiger partial charge in [-0.05, 0) is 31.2 Å². The number of hydrogen-bond donors (Lipinski definition) is 0. The lowest BCUT2D eigenvalue weighted by molar-refractivity contribution is 0.394. The molecular formula is C17H21NO3. The molecule has 4 nitrogen and oxygen atoms in total. The van der Waals surface area contributed by atoms with E-state index in [1.54, 1.807) is 21.3 Å². The van der Waals surface area contributed by atoms with Crippen LogP contribution < -0.4 is 19.1 Å². The van der Waals surface area contributed by atoms with E-state index in [1.165, 1.54) is 0 Å². The van der Waals surface area contributed by atoms with Crippen molar-refractivity contribution in [3.63, 3.8) is 0 Å². The van der Waals surface area contributed by atoms with Crippen molar-refractivity contribution < 1.29 is 14.2 Å². The third-order valence-electron chi connectivity index (χ3n) is 3.36. The summed E-state index contributed by atoms with van der Waals surface area (Å²) in [5, 5.41) is 0. The maximum Gasteiger partial charge on any atom is 0.146 e. The Labute approximate surface area is 125 Å². The molecule has 0 unspecified atom stereocenters. The molecule has 2 aromatic rings. The van der Waals surface area contributed by atoms with Gasteiger partial charge in [0.2, 0.25) is 0 Å². The monoisotopic (exact) mass is 287 g/mol. The molecule has 0 aliphatic rings. The fourth-order valence-electron chi connectivity index (χ4n) is 2.28. The Hall–Kier alpha value is -2.36. The number of nitrogens with zero attached hydrogens (tertiary/aromatic N) is 1. The molecule has 0 atom stereocenters. The van der Waals surface area contributed by atoms with Crippen LogP contribution in [0, 0.1) is 0 Å². The van der Waals surface area contributed by atoms with E-state index in [0.29, 0.717) is 0 Å². The van der Waals surface area contributed by atoms with Crippen LogP contribution in [0.4, 0.5) is 11.4 Å². The minimum Gasteiger partial charge on any atom is -0.497 e. The van der Waals surface area contributed by atoms with E-state index in [2.05, 4.69) is 17.9 Å². The number of hydrogen-bond acceptors (Lipinski definition) is 4.